The van der Waals surface area contributed by atoms with Crippen molar-refractivity contribution in [1.82, 2.24) is 5.32 Å². The van der Waals surface area contributed by atoms with Gasteiger partial charge in [-0.2, -0.15) is 0 Å². The van der Waals surface area contributed by atoms with Crippen molar-refractivity contribution in [2.45, 2.75) is 85.1 Å². The Balaban J connectivity index is 1.67. The fourth-order valence-electron chi connectivity index (χ4n) is 4.82. The predicted molar refractivity (Wildman–Crippen MR) is 84.3 cm³/mol. The van der Waals surface area contributed by atoms with Gasteiger partial charge in [-0.05, 0) is 61.8 Å². The minimum absolute atomic E-state index is 0.550. The monoisotopic (exact) mass is 265 g/mol. The Labute approximate surface area is 120 Å². The highest BCUT2D eigenvalue weighted by molar-refractivity contribution is 4.86. The van der Waals surface area contributed by atoms with Gasteiger partial charge in [0.2, 0.25) is 0 Å². The predicted octanol–water partition coefficient (Wildman–Crippen LogP) is 5.01. The third-order valence-electron chi connectivity index (χ3n) is 5.42. The molecule has 2 fully saturated rings. The van der Waals surface area contributed by atoms with Gasteiger partial charge in [0.15, 0.2) is 0 Å². The number of hydrogen-bond donors (Lipinski definition) is 1. The van der Waals surface area contributed by atoms with Crippen LogP contribution in [0.15, 0.2) is 0 Å². The van der Waals surface area contributed by atoms with Crippen molar-refractivity contribution in [3.05, 3.63) is 0 Å². The topological polar surface area (TPSA) is 12.0 Å². The van der Waals surface area contributed by atoms with E-state index in [4.69, 9.17) is 0 Å². The minimum atomic E-state index is 0.550. The van der Waals surface area contributed by atoms with Crippen molar-refractivity contribution in [1.29, 1.82) is 0 Å². The van der Waals surface area contributed by atoms with Gasteiger partial charge in [-0.15, -0.1) is 0 Å². The van der Waals surface area contributed by atoms with Gasteiger partial charge < -0.3 is 5.32 Å². The summed E-state index contributed by atoms with van der Waals surface area (Å²) in [6.07, 6.45) is 11.5. The zero-order valence-electron chi connectivity index (χ0n) is 13.7. The van der Waals surface area contributed by atoms with Crippen LogP contribution in [-0.4, -0.2) is 12.6 Å². The van der Waals surface area contributed by atoms with Gasteiger partial charge in [-0.25, -0.2) is 0 Å². The largest absolute Gasteiger partial charge is 0.314 e. The molecular formula is C18H35N. The zero-order chi connectivity index (χ0) is 13.9. The van der Waals surface area contributed by atoms with E-state index in [1.165, 1.54) is 57.9 Å². The van der Waals surface area contributed by atoms with Gasteiger partial charge in [-0.1, -0.05) is 47.0 Å². The second kappa shape index (κ2) is 6.61. The van der Waals surface area contributed by atoms with Gasteiger partial charge in [0.1, 0.15) is 0 Å². The Kier molecular flexibility index (Phi) is 5.34. The summed E-state index contributed by atoms with van der Waals surface area (Å²) in [7, 11) is 0. The van der Waals surface area contributed by atoms with E-state index in [-0.39, 0.29) is 0 Å². The van der Waals surface area contributed by atoms with Crippen LogP contribution in [0.25, 0.3) is 0 Å². The Morgan fingerprint density at radius 1 is 1.00 bits per heavy atom. The molecule has 1 nitrogen and oxygen atoms in total. The molecule has 0 aromatic carbocycles. The molecule has 4 unspecified atom stereocenters. The molecule has 0 aromatic heterocycles. The van der Waals surface area contributed by atoms with E-state index in [1.807, 2.05) is 0 Å². The SMILES string of the molecule is CC1CCCC(CCNC2CC(C)CC(C)(C)C2)C1. The second-order valence-corrected chi connectivity index (χ2v) is 8.49. The molecule has 0 saturated heterocycles. The summed E-state index contributed by atoms with van der Waals surface area (Å²) in [4.78, 5) is 0. The van der Waals surface area contributed by atoms with Gasteiger partial charge in [0, 0.05) is 6.04 Å². The molecule has 0 spiro atoms. The van der Waals surface area contributed by atoms with Crippen molar-refractivity contribution in [3.8, 4) is 0 Å². The molecule has 4 atom stereocenters. The van der Waals surface area contributed by atoms with Crippen molar-refractivity contribution in [2.75, 3.05) is 6.54 Å². The van der Waals surface area contributed by atoms with Crippen LogP contribution in [-0.2, 0) is 0 Å². The van der Waals surface area contributed by atoms with E-state index >= 15 is 0 Å². The van der Waals surface area contributed by atoms with Gasteiger partial charge in [0.25, 0.3) is 0 Å². The average molecular weight is 265 g/mol. The van der Waals surface area contributed by atoms with Crippen molar-refractivity contribution in [3.63, 3.8) is 0 Å². The van der Waals surface area contributed by atoms with Crippen LogP contribution in [0.1, 0.15) is 79.1 Å². The highest BCUT2D eigenvalue weighted by Gasteiger charge is 2.31. The second-order valence-electron chi connectivity index (χ2n) is 8.49. The molecule has 2 saturated carbocycles. The summed E-state index contributed by atoms with van der Waals surface area (Å²) in [5, 5.41) is 3.87. The Bertz CT molecular complexity index is 271. The molecule has 2 aliphatic rings. The molecular weight excluding hydrogens is 230 g/mol. The molecule has 0 aliphatic heterocycles. The van der Waals surface area contributed by atoms with Crippen molar-refractivity contribution < 1.29 is 0 Å². The lowest BCUT2D eigenvalue weighted by atomic mass is 9.70. The maximum atomic E-state index is 3.87. The summed E-state index contributed by atoms with van der Waals surface area (Å²) in [6, 6.07) is 0.778. The molecule has 0 amide bonds. The zero-order valence-corrected chi connectivity index (χ0v) is 13.7. The molecule has 1 N–H and O–H groups in total. The van der Waals surface area contributed by atoms with Crippen LogP contribution in [0.3, 0.4) is 0 Å². The molecule has 0 radical (unpaired) electrons. The van der Waals surface area contributed by atoms with Gasteiger partial charge in [0.05, 0.1) is 0 Å². The normalized spacial score (nSPS) is 39.2. The first-order valence-electron chi connectivity index (χ1n) is 8.68. The van der Waals surface area contributed by atoms with Crippen molar-refractivity contribution >= 4 is 0 Å². The first kappa shape index (κ1) is 15.4. The summed E-state index contributed by atoms with van der Waals surface area (Å²) in [5.74, 6) is 2.88. The van der Waals surface area contributed by atoms with E-state index in [0.29, 0.717) is 5.41 Å². The van der Waals surface area contributed by atoms with E-state index in [0.717, 1.165) is 23.8 Å². The van der Waals surface area contributed by atoms with E-state index in [2.05, 4.69) is 33.0 Å². The lowest BCUT2D eigenvalue weighted by Gasteiger charge is -2.39. The lowest BCUT2D eigenvalue weighted by Crippen LogP contribution is -2.41. The molecule has 0 aromatic rings. The minimum Gasteiger partial charge on any atom is -0.314 e. The molecule has 2 aliphatic carbocycles. The summed E-state index contributed by atoms with van der Waals surface area (Å²) < 4.78 is 0. The summed E-state index contributed by atoms with van der Waals surface area (Å²) >= 11 is 0. The average Bonchev–Trinajstić information content (AvgIpc) is 2.26. The third kappa shape index (κ3) is 5.10. The standard InChI is InChI=1S/C18H35N/c1-14-6-5-7-16(10-14)8-9-19-17-11-15(2)12-18(3,4)13-17/h14-17,19H,5-13H2,1-4H3. The molecule has 0 bridgehead atoms. The highest BCUT2D eigenvalue weighted by atomic mass is 14.9. The molecule has 2 rings (SSSR count). The van der Waals surface area contributed by atoms with Crippen LogP contribution in [0.5, 0.6) is 0 Å². The fraction of sp³-hybridized carbons (Fsp3) is 1.00. The van der Waals surface area contributed by atoms with E-state index in [9.17, 15) is 0 Å². The number of nitrogens with one attached hydrogen (secondary N) is 1. The maximum Gasteiger partial charge on any atom is 0.00746 e. The van der Waals surface area contributed by atoms with Crippen LogP contribution in [0, 0.1) is 23.2 Å². The smallest absolute Gasteiger partial charge is 0.00746 e. The lowest BCUT2D eigenvalue weighted by molar-refractivity contribution is 0.149. The van der Waals surface area contributed by atoms with Crippen LogP contribution in [0.4, 0.5) is 0 Å². The van der Waals surface area contributed by atoms with Gasteiger partial charge in [-0.3, -0.25) is 0 Å². The van der Waals surface area contributed by atoms with Crippen LogP contribution >= 0.6 is 0 Å². The number of rotatable bonds is 4. The Morgan fingerprint density at radius 3 is 2.47 bits per heavy atom. The molecule has 112 valence electrons. The van der Waals surface area contributed by atoms with E-state index < -0.39 is 0 Å². The quantitative estimate of drug-likeness (QED) is 0.753. The molecule has 0 heterocycles. The molecule has 19 heavy (non-hydrogen) atoms. The Hall–Kier alpha value is -0.0400. The van der Waals surface area contributed by atoms with Crippen molar-refractivity contribution in [2.24, 2.45) is 23.2 Å². The summed E-state index contributed by atoms with van der Waals surface area (Å²) in [5.41, 5.74) is 0.550. The van der Waals surface area contributed by atoms with Gasteiger partial charge >= 0.3 is 0 Å². The molecule has 1 heteroatoms. The highest BCUT2D eigenvalue weighted by Crippen LogP contribution is 2.38. The van der Waals surface area contributed by atoms with Crippen LogP contribution in [0.2, 0.25) is 0 Å². The third-order valence-corrected chi connectivity index (χ3v) is 5.42. The maximum absolute atomic E-state index is 3.87. The number of hydrogen-bond acceptors (Lipinski definition) is 1. The summed E-state index contributed by atoms with van der Waals surface area (Å²) in [6.45, 7) is 11.0. The van der Waals surface area contributed by atoms with E-state index in [1.54, 1.807) is 0 Å². The fourth-order valence-corrected chi connectivity index (χ4v) is 4.82. The first-order valence-corrected chi connectivity index (χ1v) is 8.68. The van der Waals surface area contributed by atoms with Crippen LogP contribution < -0.4 is 5.32 Å². The first-order chi connectivity index (χ1) is 8.94. The Morgan fingerprint density at radius 2 is 1.79 bits per heavy atom.